The van der Waals surface area contributed by atoms with Crippen molar-refractivity contribution in [2.45, 2.75) is 20.8 Å². The molecule has 1 heterocycles. The van der Waals surface area contributed by atoms with Gasteiger partial charge in [0.2, 0.25) is 4.86 Å². The van der Waals surface area contributed by atoms with Crippen LogP contribution in [0.2, 0.25) is 0 Å². The van der Waals surface area contributed by atoms with Crippen molar-refractivity contribution < 1.29 is 0 Å². The first kappa shape index (κ1) is 9.33. The van der Waals surface area contributed by atoms with Crippen LogP contribution in [-0.2, 0) is 11.4 Å². The van der Waals surface area contributed by atoms with Crippen LogP contribution < -0.4 is 0 Å². The van der Waals surface area contributed by atoms with Gasteiger partial charge >= 0.3 is 0 Å². The average Bonchev–Trinajstić information content (AvgIpc) is 2.04. The molecular weight excluding hydrogens is 166 g/mol. The Balaban J connectivity index is 3.06. The molecule has 0 aromatic carbocycles. The zero-order valence-corrected chi connectivity index (χ0v) is 8.83. The first-order valence-electron chi connectivity index (χ1n) is 3.97. The Morgan fingerprint density at radius 1 is 1.33 bits per heavy atom. The second kappa shape index (κ2) is 3.76. The van der Waals surface area contributed by atoms with Crippen molar-refractivity contribution in [1.82, 2.24) is 0 Å². The highest BCUT2D eigenvalue weighted by Gasteiger charge is 2.13. The van der Waals surface area contributed by atoms with E-state index >= 15 is 0 Å². The first-order chi connectivity index (χ1) is 5.65. The fraction of sp³-hybridized carbons (Fsp3) is 0.400. The van der Waals surface area contributed by atoms with Gasteiger partial charge in [0.15, 0.2) is 17.6 Å². The maximum absolute atomic E-state index is 4.49. The molecule has 0 aromatic rings. The molecule has 0 aromatic heterocycles. The molecule has 0 fully saturated rings. The molecule has 1 aliphatic rings. The van der Waals surface area contributed by atoms with Gasteiger partial charge in [0.1, 0.15) is 5.71 Å². The Bertz CT molecular complexity index is 302. The van der Waals surface area contributed by atoms with E-state index in [1.165, 1.54) is 10.4 Å². The van der Waals surface area contributed by atoms with E-state index in [4.69, 9.17) is 0 Å². The van der Waals surface area contributed by atoms with E-state index in [-0.39, 0.29) is 0 Å². The zero-order valence-electron chi connectivity index (χ0n) is 8.01. The van der Waals surface area contributed by atoms with Crippen LogP contribution in [0.4, 0.5) is 0 Å². The fourth-order valence-corrected chi connectivity index (χ4v) is 1.59. The van der Waals surface area contributed by atoms with E-state index in [0.717, 1.165) is 11.4 Å². The molecule has 0 amide bonds. The molecule has 0 unspecified atom stereocenters. The Hall–Kier alpha value is -0.760. The molecule has 0 saturated heterocycles. The number of hydrogen-bond donors (Lipinski definition) is 0. The Kier molecular flexibility index (Phi) is 2.93. The summed E-state index contributed by atoms with van der Waals surface area (Å²) >= 11 is 1.74. The minimum absolute atomic E-state index is 1.10. The molecule has 0 aliphatic carbocycles. The van der Waals surface area contributed by atoms with E-state index in [2.05, 4.69) is 44.2 Å². The van der Waals surface area contributed by atoms with Crippen molar-refractivity contribution in [1.29, 1.82) is 0 Å². The lowest BCUT2D eigenvalue weighted by molar-refractivity contribution is 1.25. The Morgan fingerprint density at radius 2 is 2.00 bits per heavy atom. The number of dihydropyridines is 1. The minimum atomic E-state index is 1.10. The molecule has 0 atom stereocenters. The van der Waals surface area contributed by atoms with Crippen molar-refractivity contribution in [3.05, 3.63) is 23.4 Å². The van der Waals surface area contributed by atoms with Gasteiger partial charge in [-0.05, 0) is 26.8 Å². The Morgan fingerprint density at radius 3 is 2.42 bits per heavy atom. The lowest BCUT2D eigenvalue weighted by atomic mass is 10.1. The van der Waals surface area contributed by atoms with Crippen molar-refractivity contribution in [3.8, 4) is 0 Å². The summed E-state index contributed by atoms with van der Waals surface area (Å²) in [5.74, 6) is 0. The highest BCUT2D eigenvalue weighted by Crippen LogP contribution is 2.11. The largest absolute Gasteiger partial charge is 0.248 e. The number of allylic oxidation sites excluding steroid dienone is 3. The maximum atomic E-state index is 4.49. The first-order valence-corrected chi connectivity index (χ1v) is 5.20. The molecule has 1 nitrogen and oxygen atoms in total. The predicted molar refractivity (Wildman–Crippen MR) is 58.9 cm³/mol. The van der Waals surface area contributed by atoms with Gasteiger partial charge in [-0.25, -0.2) is 4.99 Å². The van der Waals surface area contributed by atoms with Crippen LogP contribution in [0.15, 0.2) is 28.4 Å². The van der Waals surface area contributed by atoms with E-state index in [1.807, 2.05) is 0 Å². The molecular formula is C10H14NS+. The number of aliphatic imine (C=N–C) groups is 1. The molecule has 64 valence electrons. The molecule has 0 N–H and O–H groups in total. The normalized spacial score (nSPS) is 19.8. The zero-order chi connectivity index (χ0) is 9.14. The van der Waals surface area contributed by atoms with Crippen LogP contribution in [-0.4, -0.2) is 16.8 Å². The Labute approximate surface area is 77.9 Å². The van der Waals surface area contributed by atoms with Gasteiger partial charge in [0.25, 0.3) is 0 Å². The van der Waals surface area contributed by atoms with Crippen molar-refractivity contribution in [2.24, 2.45) is 4.99 Å². The van der Waals surface area contributed by atoms with E-state index in [9.17, 15) is 0 Å². The maximum Gasteiger partial charge on any atom is 0.245 e. The quantitative estimate of drug-likeness (QED) is 0.400. The van der Waals surface area contributed by atoms with Crippen molar-refractivity contribution in [2.75, 3.05) is 6.26 Å². The minimum Gasteiger partial charge on any atom is -0.248 e. The third kappa shape index (κ3) is 1.89. The van der Waals surface area contributed by atoms with E-state index < -0.39 is 0 Å². The molecule has 0 spiro atoms. The summed E-state index contributed by atoms with van der Waals surface area (Å²) in [5.41, 5.74) is 3.50. The number of nitrogens with zero attached hydrogens (tertiary/aromatic N) is 1. The molecule has 12 heavy (non-hydrogen) atoms. The van der Waals surface area contributed by atoms with Crippen LogP contribution in [0.5, 0.6) is 0 Å². The van der Waals surface area contributed by atoms with Crippen molar-refractivity contribution in [3.63, 3.8) is 0 Å². The fourth-order valence-electron chi connectivity index (χ4n) is 1.04. The molecule has 2 heteroatoms. The summed E-state index contributed by atoms with van der Waals surface area (Å²) in [6, 6.07) is 0. The van der Waals surface area contributed by atoms with Crippen molar-refractivity contribution >= 4 is 21.9 Å². The summed E-state index contributed by atoms with van der Waals surface area (Å²) < 4.78 is 0. The van der Waals surface area contributed by atoms with E-state index in [1.54, 1.807) is 11.4 Å². The lowest BCUT2D eigenvalue weighted by Gasteiger charge is -2.03. The highest BCUT2D eigenvalue weighted by molar-refractivity contribution is 7.80. The van der Waals surface area contributed by atoms with Gasteiger partial charge in [-0.2, -0.15) is 0 Å². The van der Waals surface area contributed by atoms with Crippen LogP contribution in [0.25, 0.3) is 0 Å². The summed E-state index contributed by atoms with van der Waals surface area (Å²) in [7, 11) is 0. The highest BCUT2D eigenvalue weighted by atomic mass is 32.1. The number of rotatable bonds is 0. The molecule has 0 saturated carbocycles. The van der Waals surface area contributed by atoms with Gasteiger partial charge in [-0.15, -0.1) is 0 Å². The van der Waals surface area contributed by atoms with Gasteiger partial charge in [0, 0.05) is 6.08 Å². The van der Waals surface area contributed by atoms with Crippen LogP contribution >= 0.6 is 0 Å². The standard InChI is InChI=1S/C10H14NS/c1-7(2)9-5-6-10(12-4)8(3)11-9/h5-6H,1-4H3/q+1. The van der Waals surface area contributed by atoms with Crippen LogP contribution in [0, 0.1) is 0 Å². The van der Waals surface area contributed by atoms with Gasteiger partial charge < -0.3 is 0 Å². The predicted octanol–water partition coefficient (Wildman–Crippen LogP) is 2.20. The van der Waals surface area contributed by atoms with Crippen LogP contribution in [0.1, 0.15) is 20.8 Å². The van der Waals surface area contributed by atoms with Gasteiger partial charge in [0.05, 0.1) is 5.70 Å². The molecule has 1 rings (SSSR count). The molecule has 0 radical (unpaired) electrons. The molecule has 0 bridgehead atoms. The monoisotopic (exact) mass is 180 g/mol. The summed E-state index contributed by atoms with van der Waals surface area (Å²) in [4.78, 5) is 5.75. The smallest absolute Gasteiger partial charge is 0.245 e. The third-order valence-corrected chi connectivity index (χ3v) is 2.64. The second-order valence-corrected chi connectivity index (χ2v) is 3.83. The molecule has 1 aliphatic heterocycles. The number of hydrogen-bond acceptors (Lipinski definition) is 1. The topological polar surface area (TPSA) is 12.4 Å². The van der Waals surface area contributed by atoms with Gasteiger partial charge in [-0.3, -0.25) is 0 Å². The van der Waals surface area contributed by atoms with E-state index in [0.29, 0.717) is 0 Å². The summed E-state index contributed by atoms with van der Waals surface area (Å²) in [6.07, 6.45) is 6.29. The van der Waals surface area contributed by atoms with Gasteiger partial charge in [-0.1, -0.05) is 5.57 Å². The average molecular weight is 180 g/mol. The lowest BCUT2D eigenvalue weighted by Crippen LogP contribution is -2.12. The summed E-state index contributed by atoms with van der Waals surface area (Å²) in [6.45, 7) is 6.22. The SMILES string of the molecule is C[S+]=C1C=CC(=C(C)C)N=C1C. The van der Waals surface area contributed by atoms with Crippen LogP contribution in [0.3, 0.4) is 0 Å². The third-order valence-electron chi connectivity index (χ3n) is 1.77. The second-order valence-electron chi connectivity index (χ2n) is 2.98. The summed E-state index contributed by atoms with van der Waals surface area (Å²) in [5, 5.41) is 0.